The van der Waals surface area contributed by atoms with Crippen LogP contribution in [0, 0.1) is 0 Å². The number of hydrogen-bond acceptors (Lipinski definition) is 4. The summed E-state index contributed by atoms with van der Waals surface area (Å²) in [5.74, 6) is -0.0680. The van der Waals surface area contributed by atoms with Crippen LogP contribution in [0.25, 0.3) is 6.08 Å². The molecule has 0 bridgehead atoms. The van der Waals surface area contributed by atoms with Gasteiger partial charge in [-0.3, -0.25) is 4.90 Å². The van der Waals surface area contributed by atoms with E-state index in [-0.39, 0.29) is 17.7 Å². The molecule has 1 aliphatic heterocycles. The highest BCUT2D eigenvalue weighted by Gasteiger charge is 2.58. The standard InChI is InChI=1S/C21H33NO3/c1-8-17-9-11-18(12-10-17)25-21(24-15-16(2)23)14-13-19(3,4)22(7)20(21,5)6/h8-12,16,23H,1,13-15H2,2-7H3. The average molecular weight is 347 g/mol. The Balaban J connectivity index is 2.37. The van der Waals surface area contributed by atoms with Gasteiger partial charge in [0, 0.05) is 12.0 Å². The molecule has 0 radical (unpaired) electrons. The highest BCUT2D eigenvalue weighted by Crippen LogP contribution is 2.46. The van der Waals surface area contributed by atoms with Crippen LogP contribution in [-0.4, -0.2) is 46.6 Å². The summed E-state index contributed by atoms with van der Waals surface area (Å²) in [7, 11) is 2.11. The van der Waals surface area contributed by atoms with E-state index >= 15 is 0 Å². The van der Waals surface area contributed by atoms with Crippen LogP contribution in [-0.2, 0) is 4.74 Å². The molecule has 4 nitrogen and oxygen atoms in total. The summed E-state index contributed by atoms with van der Waals surface area (Å²) in [6, 6.07) is 7.85. The van der Waals surface area contributed by atoms with Crippen LogP contribution in [0.4, 0.5) is 0 Å². The van der Waals surface area contributed by atoms with Crippen LogP contribution in [0.2, 0.25) is 0 Å². The summed E-state index contributed by atoms with van der Waals surface area (Å²) >= 11 is 0. The van der Waals surface area contributed by atoms with Crippen molar-refractivity contribution in [1.29, 1.82) is 0 Å². The number of benzene rings is 1. The maximum absolute atomic E-state index is 9.77. The molecule has 25 heavy (non-hydrogen) atoms. The fourth-order valence-corrected chi connectivity index (χ4v) is 3.53. The predicted octanol–water partition coefficient (Wildman–Crippen LogP) is 4.08. The molecule has 140 valence electrons. The Morgan fingerprint density at radius 1 is 1.20 bits per heavy atom. The summed E-state index contributed by atoms with van der Waals surface area (Å²) in [4.78, 5) is 2.32. The smallest absolute Gasteiger partial charge is 0.228 e. The van der Waals surface area contributed by atoms with Gasteiger partial charge in [0.2, 0.25) is 5.79 Å². The second kappa shape index (κ2) is 7.10. The van der Waals surface area contributed by atoms with Gasteiger partial charge in [-0.15, -0.1) is 0 Å². The van der Waals surface area contributed by atoms with E-state index in [0.29, 0.717) is 0 Å². The first-order valence-electron chi connectivity index (χ1n) is 9.01. The molecule has 1 N–H and O–H groups in total. The maximum atomic E-state index is 9.77. The van der Waals surface area contributed by atoms with Gasteiger partial charge in [-0.1, -0.05) is 24.8 Å². The van der Waals surface area contributed by atoms with E-state index in [1.807, 2.05) is 30.3 Å². The number of likely N-dealkylation sites (N-methyl/N-ethyl adjacent to an activating group) is 1. The van der Waals surface area contributed by atoms with E-state index in [0.717, 1.165) is 24.2 Å². The van der Waals surface area contributed by atoms with E-state index in [1.165, 1.54) is 0 Å². The van der Waals surface area contributed by atoms with Crippen molar-refractivity contribution in [3.63, 3.8) is 0 Å². The molecule has 1 aliphatic rings. The summed E-state index contributed by atoms with van der Waals surface area (Å²) in [5, 5.41) is 9.77. The fourth-order valence-electron chi connectivity index (χ4n) is 3.53. The van der Waals surface area contributed by atoms with E-state index < -0.39 is 11.9 Å². The van der Waals surface area contributed by atoms with E-state index in [1.54, 1.807) is 6.92 Å². The van der Waals surface area contributed by atoms with Gasteiger partial charge in [0.05, 0.1) is 18.2 Å². The van der Waals surface area contributed by atoms with Gasteiger partial charge in [0.1, 0.15) is 5.75 Å². The molecular weight excluding hydrogens is 314 g/mol. The minimum atomic E-state index is -0.829. The molecule has 1 saturated heterocycles. The molecule has 0 amide bonds. The van der Waals surface area contributed by atoms with Gasteiger partial charge < -0.3 is 14.6 Å². The first kappa shape index (κ1) is 20.0. The Labute approximate surface area is 152 Å². The molecule has 0 aliphatic carbocycles. The van der Waals surface area contributed by atoms with Crippen molar-refractivity contribution in [2.75, 3.05) is 13.7 Å². The molecule has 1 fully saturated rings. The minimum Gasteiger partial charge on any atom is -0.460 e. The second-order valence-electron chi connectivity index (χ2n) is 8.22. The van der Waals surface area contributed by atoms with Crippen molar-refractivity contribution in [2.45, 2.75) is 70.4 Å². The second-order valence-corrected chi connectivity index (χ2v) is 8.22. The van der Waals surface area contributed by atoms with Gasteiger partial charge in [0.15, 0.2) is 0 Å². The minimum absolute atomic E-state index is 0.0528. The van der Waals surface area contributed by atoms with Crippen LogP contribution >= 0.6 is 0 Å². The van der Waals surface area contributed by atoms with Crippen LogP contribution in [0.1, 0.15) is 53.0 Å². The number of aliphatic hydroxyl groups excluding tert-OH is 1. The summed E-state index contributed by atoms with van der Waals surface area (Å²) in [6.45, 7) is 14.5. The number of ether oxygens (including phenoxy) is 2. The third-order valence-corrected chi connectivity index (χ3v) is 5.70. The highest BCUT2D eigenvalue weighted by atomic mass is 16.7. The van der Waals surface area contributed by atoms with Crippen molar-refractivity contribution in [2.24, 2.45) is 0 Å². The Kier molecular flexibility index (Phi) is 5.67. The third-order valence-electron chi connectivity index (χ3n) is 5.70. The summed E-state index contributed by atoms with van der Waals surface area (Å²) in [6.07, 6.45) is 2.97. The Morgan fingerprint density at radius 2 is 1.80 bits per heavy atom. The third kappa shape index (κ3) is 3.91. The quantitative estimate of drug-likeness (QED) is 0.787. The Hall–Kier alpha value is -1.36. The Bertz CT molecular complexity index is 588. The fraction of sp³-hybridized carbons (Fsp3) is 0.619. The number of likely N-dealkylation sites (tertiary alicyclic amines) is 1. The SMILES string of the molecule is C=Cc1ccc(OC2(OCC(C)O)CCC(C)(C)N(C)C2(C)C)cc1. The van der Waals surface area contributed by atoms with Crippen LogP contribution in [0.3, 0.4) is 0 Å². The topological polar surface area (TPSA) is 41.9 Å². The molecule has 2 unspecified atom stereocenters. The largest absolute Gasteiger partial charge is 0.460 e. The zero-order valence-electron chi connectivity index (χ0n) is 16.5. The molecule has 1 aromatic rings. The lowest BCUT2D eigenvalue weighted by Gasteiger charge is -2.59. The molecule has 0 saturated carbocycles. The molecule has 1 heterocycles. The van der Waals surface area contributed by atoms with E-state index in [9.17, 15) is 5.11 Å². The number of piperidine rings is 1. The monoisotopic (exact) mass is 347 g/mol. The first-order valence-corrected chi connectivity index (χ1v) is 9.01. The van der Waals surface area contributed by atoms with Crippen molar-refractivity contribution in [3.05, 3.63) is 36.4 Å². The molecule has 4 heteroatoms. The van der Waals surface area contributed by atoms with Crippen molar-refractivity contribution in [1.82, 2.24) is 4.90 Å². The van der Waals surface area contributed by atoms with Crippen molar-refractivity contribution >= 4 is 6.08 Å². The normalized spacial score (nSPS) is 26.8. The molecule has 2 rings (SSSR count). The van der Waals surface area contributed by atoms with Gasteiger partial charge in [-0.2, -0.15) is 0 Å². The predicted molar refractivity (Wildman–Crippen MR) is 103 cm³/mol. The van der Waals surface area contributed by atoms with Crippen LogP contribution in [0.15, 0.2) is 30.8 Å². The highest BCUT2D eigenvalue weighted by molar-refractivity contribution is 5.48. The lowest BCUT2D eigenvalue weighted by molar-refractivity contribution is -0.290. The Morgan fingerprint density at radius 3 is 2.32 bits per heavy atom. The van der Waals surface area contributed by atoms with Crippen molar-refractivity contribution < 1.29 is 14.6 Å². The average Bonchev–Trinajstić information content (AvgIpc) is 2.56. The van der Waals surface area contributed by atoms with Gasteiger partial charge >= 0.3 is 0 Å². The van der Waals surface area contributed by atoms with Crippen LogP contribution in [0.5, 0.6) is 5.75 Å². The van der Waals surface area contributed by atoms with Gasteiger partial charge in [0.25, 0.3) is 0 Å². The molecule has 0 spiro atoms. The summed E-state index contributed by atoms with van der Waals surface area (Å²) < 4.78 is 12.7. The van der Waals surface area contributed by atoms with Crippen LogP contribution < -0.4 is 4.74 Å². The zero-order chi connectivity index (χ0) is 18.9. The van der Waals surface area contributed by atoms with E-state index in [2.05, 4.69) is 46.2 Å². The lowest BCUT2D eigenvalue weighted by atomic mass is 9.75. The number of hydrogen-bond donors (Lipinski definition) is 1. The number of nitrogens with zero attached hydrogens (tertiary/aromatic N) is 1. The number of rotatable bonds is 6. The molecular formula is C21H33NO3. The number of aliphatic hydroxyl groups is 1. The maximum Gasteiger partial charge on any atom is 0.228 e. The van der Waals surface area contributed by atoms with E-state index in [4.69, 9.17) is 9.47 Å². The lowest BCUT2D eigenvalue weighted by Crippen LogP contribution is -2.72. The summed E-state index contributed by atoms with van der Waals surface area (Å²) in [5.41, 5.74) is 0.727. The van der Waals surface area contributed by atoms with Gasteiger partial charge in [-0.25, -0.2) is 0 Å². The first-order chi connectivity index (χ1) is 11.5. The molecule has 2 atom stereocenters. The van der Waals surface area contributed by atoms with Crippen molar-refractivity contribution in [3.8, 4) is 5.75 Å². The van der Waals surface area contributed by atoms with Gasteiger partial charge in [-0.05, 0) is 65.8 Å². The molecule has 0 aromatic heterocycles. The molecule has 1 aromatic carbocycles. The zero-order valence-corrected chi connectivity index (χ0v) is 16.5.